The summed E-state index contributed by atoms with van der Waals surface area (Å²) in [4.78, 5) is 0. The summed E-state index contributed by atoms with van der Waals surface area (Å²) in [6.07, 6.45) is 0. The molecule has 78 valence electrons. The highest BCUT2D eigenvalue weighted by Gasteiger charge is 2.17. The normalized spacial score (nSPS) is 11.1. The van der Waals surface area contributed by atoms with Gasteiger partial charge in [-0.25, -0.2) is 0 Å². The molecule has 0 aliphatic rings. The van der Waals surface area contributed by atoms with Crippen molar-refractivity contribution in [1.82, 2.24) is 0 Å². The molecular weight excluding hydrogens is 203 g/mol. The summed E-state index contributed by atoms with van der Waals surface area (Å²) < 4.78 is 5.44. The van der Waals surface area contributed by atoms with E-state index in [0.29, 0.717) is 5.58 Å². The molecule has 0 atom stereocenters. The summed E-state index contributed by atoms with van der Waals surface area (Å²) in [5, 5.41) is 21.0. The van der Waals surface area contributed by atoms with E-state index in [1.54, 1.807) is 6.07 Å². The summed E-state index contributed by atoms with van der Waals surface area (Å²) >= 11 is 0. The second kappa shape index (κ2) is 3.37. The van der Waals surface area contributed by atoms with Crippen LogP contribution in [-0.2, 0) is 0 Å². The van der Waals surface area contributed by atoms with Crippen molar-refractivity contribution in [1.29, 1.82) is 0 Å². The number of rotatable bonds is 1. The Hall–Kier alpha value is -1.78. The summed E-state index contributed by atoms with van der Waals surface area (Å²) in [6, 6.07) is 13.4. The Balaban J connectivity index is 2.41. The lowest BCUT2D eigenvalue weighted by molar-refractivity contribution is 0.412. The largest absolute Gasteiger partial charge is 0.526 e. The predicted molar refractivity (Wildman–Crippen MR) is 63.5 cm³/mol. The predicted octanol–water partition coefficient (Wildman–Crippen LogP) is 1.27. The Morgan fingerprint density at radius 1 is 0.938 bits per heavy atom. The molecule has 3 nitrogen and oxygen atoms in total. The third-order valence-electron chi connectivity index (χ3n) is 2.68. The highest BCUT2D eigenvalue weighted by Crippen LogP contribution is 2.25. The van der Waals surface area contributed by atoms with Crippen LogP contribution in [0.5, 0.6) is 0 Å². The number of furan rings is 1. The van der Waals surface area contributed by atoms with Gasteiger partial charge in [0, 0.05) is 10.8 Å². The number of hydrogen-bond donors (Lipinski definition) is 2. The van der Waals surface area contributed by atoms with Crippen molar-refractivity contribution in [2.24, 2.45) is 0 Å². The summed E-state index contributed by atoms with van der Waals surface area (Å²) in [7, 11) is -1.56. The first kappa shape index (κ1) is 9.45. The monoisotopic (exact) mass is 212 g/mol. The van der Waals surface area contributed by atoms with Crippen LogP contribution in [0.3, 0.4) is 0 Å². The van der Waals surface area contributed by atoms with E-state index in [1.165, 1.54) is 0 Å². The van der Waals surface area contributed by atoms with Crippen molar-refractivity contribution in [3.05, 3.63) is 42.5 Å². The van der Waals surface area contributed by atoms with Gasteiger partial charge in [-0.05, 0) is 11.5 Å². The van der Waals surface area contributed by atoms with Crippen molar-refractivity contribution in [3.63, 3.8) is 0 Å². The molecule has 0 radical (unpaired) electrons. The van der Waals surface area contributed by atoms with Crippen LogP contribution in [0.15, 0.2) is 46.9 Å². The van der Waals surface area contributed by atoms with Crippen molar-refractivity contribution in [3.8, 4) is 0 Å². The molecule has 0 unspecified atom stereocenters. The van der Waals surface area contributed by atoms with Crippen molar-refractivity contribution in [2.75, 3.05) is 0 Å². The average Bonchev–Trinajstić information content (AvgIpc) is 2.73. The molecule has 4 heteroatoms. The Kier molecular flexibility index (Phi) is 1.99. The maximum atomic E-state index is 9.06. The van der Waals surface area contributed by atoms with Crippen LogP contribution in [0.25, 0.3) is 21.7 Å². The first-order valence-electron chi connectivity index (χ1n) is 5.03. The fraction of sp³-hybridized carbons (Fsp3) is 0. The Morgan fingerprint density at radius 3 is 2.50 bits per heavy atom. The first-order valence-corrected chi connectivity index (χ1v) is 5.03. The zero-order valence-corrected chi connectivity index (χ0v) is 8.42. The molecule has 0 spiro atoms. The zero-order valence-electron chi connectivity index (χ0n) is 8.42. The van der Waals surface area contributed by atoms with Crippen LogP contribution in [0.2, 0.25) is 0 Å². The lowest BCUT2D eigenvalue weighted by Gasteiger charge is -1.97. The quantitative estimate of drug-likeness (QED) is 0.597. The number of hydrogen-bond acceptors (Lipinski definition) is 3. The van der Waals surface area contributed by atoms with Gasteiger partial charge in [-0.15, -0.1) is 0 Å². The van der Waals surface area contributed by atoms with Crippen molar-refractivity contribution in [2.45, 2.75) is 0 Å². The molecule has 3 rings (SSSR count). The van der Waals surface area contributed by atoms with Gasteiger partial charge in [0.05, 0.1) is 0 Å². The lowest BCUT2D eigenvalue weighted by Crippen LogP contribution is -2.27. The maximum Gasteiger partial charge on any atom is 0.526 e. The molecule has 2 aromatic carbocycles. The van der Waals surface area contributed by atoms with E-state index in [4.69, 9.17) is 14.5 Å². The van der Waals surface area contributed by atoms with Crippen LogP contribution in [0.1, 0.15) is 0 Å². The van der Waals surface area contributed by atoms with E-state index in [0.717, 1.165) is 16.2 Å². The first-order chi connectivity index (χ1) is 7.75. The van der Waals surface area contributed by atoms with E-state index in [1.807, 2.05) is 36.4 Å². The fourth-order valence-electron chi connectivity index (χ4n) is 1.92. The minimum atomic E-state index is -1.56. The summed E-state index contributed by atoms with van der Waals surface area (Å²) in [5.41, 5.74) is 0.868. The molecule has 1 aromatic heterocycles. The van der Waals surface area contributed by atoms with Gasteiger partial charge in [-0.3, -0.25) is 0 Å². The molecule has 2 N–H and O–H groups in total. The molecule has 0 aliphatic carbocycles. The molecule has 0 fully saturated rings. The molecule has 0 bridgehead atoms. The third-order valence-corrected chi connectivity index (χ3v) is 2.68. The number of fused-ring (bicyclic) bond motifs is 3. The van der Waals surface area contributed by atoms with Crippen LogP contribution in [0.4, 0.5) is 0 Å². The molecule has 16 heavy (non-hydrogen) atoms. The second-order valence-electron chi connectivity index (χ2n) is 3.73. The van der Waals surface area contributed by atoms with Gasteiger partial charge < -0.3 is 14.5 Å². The van der Waals surface area contributed by atoms with E-state index < -0.39 is 7.12 Å². The number of benzene rings is 2. The van der Waals surface area contributed by atoms with Gasteiger partial charge in [0.15, 0.2) is 0 Å². The smallest absolute Gasteiger partial charge is 0.464 e. The molecule has 3 aromatic rings. The van der Waals surface area contributed by atoms with Crippen molar-refractivity contribution < 1.29 is 14.5 Å². The fourth-order valence-corrected chi connectivity index (χ4v) is 1.92. The van der Waals surface area contributed by atoms with Crippen LogP contribution in [0, 0.1) is 0 Å². The van der Waals surface area contributed by atoms with Crippen LogP contribution >= 0.6 is 0 Å². The van der Waals surface area contributed by atoms with Gasteiger partial charge in [0.2, 0.25) is 0 Å². The standard InChI is InChI=1S/C12H9BO3/c14-13(15)11-7-9-6-5-8-3-1-2-4-10(8)12(9)16-11/h1-7,14-15H. The highest BCUT2D eigenvalue weighted by atomic mass is 16.4. The lowest BCUT2D eigenvalue weighted by atomic mass is 9.88. The molecule has 0 aliphatic heterocycles. The van der Waals surface area contributed by atoms with E-state index in [-0.39, 0.29) is 5.66 Å². The van der Waals surface area contributed by atoms with Crippen LogP contribution < -0.4 is 5.66 Å². The molecule has 0 amide bonds. The SMILES string of the molecule is OB(O)c1cc2ccc3ccccc3c2o1. The Bertz CT molecular complexity index is 657. The topological polar surface area (TPSA) is 53.6 Å². The minimum Gasteiger partial charge on any atom is -0.464 e. The van der Waals surface area contributed by atoms with Gasteiger partial charge >= 0.3 is 7.12 Å². The highest BCUT2D eigenvalue weighted by molar-refractivity contribution is 6.57. The summed E-state index contributed by atoms with van der Waals surface area (Å²) in [5.74, 6) is 0. The summed E-state index contributed by atoms with van der Waals surface area (Å²) in [6.45, 7) is 0. The molecule has 0 saturated heterocycles. The molecular formula is C12H9BO3. The third kappa shape index (κ3) is 1.32. The van der Waals surface area contributed by atoms with Gasteiger partial charge in [0.1, 0.15) is 11.2 Å². The van der Waals surface area contributed by atoms with Crippen LogP contribution in [-0.4, -0.2) is 17.2 Å². The van der Waals surface area contributed by atoms with Gasteiger partial charge in [-0.1, -0.05) is 36.4 Å². The van der Waals surface area contributed by atoms with E-state index in [2.05, 4.69) is 0 Å². The second-order valence-corrected chi connectivity index (χ2v) is 3.73. The Morgan fingerprint density at radius 2 is 1.69 bits per heavy atom. The van der Waals surface area contributed by atoms with Gasteiger partial charge in [-0.2, -0.15) is 0 Å². The Labute approximate surface area is 92.1 Å². The van der Waals surface area contributed by atoms with E-state index >= 15 is 0 Å². The average molecular weight is 212 g/mol. The van der Waals surface area contributed by atoms with E-state index in [9.17, 15) is 0 Å². The molecule has 0 saturated carbocycles. The maximum absolute atomic E-state index is 9.06. The zero-order chi connectivity index (χ0) is 11.1. The minimum absolute atomic E-state index is 0.173. The van der Waals surface area contributed by atoms with Gasteiger partial charge in [0.25, 0.3) is 0 Å². The van der Waals surface area contributed by atoms with Crippen molar-refractivity contribution >= 4 is 34.5 Å². The molecule has 1 heterocycles.